The molecule has 4 rings (SSSR count). The van der Waals surface area contributed by atoms with Crippen LogP contribution >= 0.6 is 0 Å². The van der Waals surface area contributed by atoms with E-state index >= 15 is 0 Å². The molecular formula is C35H46N4O8. The molecule has 2 fully saturated rings. The van der Waals surface area contributed by atoms with Gasteiger partial charge in [0, 0.05) is 13.1 Å². The van der Waals surface area contributed by atoms with Gasteiger partial charge in [0.2, 0.25) is 11.8 Å². The molecule has 0 radical (unpaired) electrons. The Morgan fingerprint density at radius 2 is 1.55 bits per heavy atom. The van der Waals surface area contributed by atoms with Crippen molar-refractivity contribution in [2.45, 2.75) is 77.2 Å². The minimum Gasteiger partial charge on any atom is -0.465 e. The van der Waals surface area contributed by atoms with Gasteiger partial charge in [0.25, 0.3) is 0 Å². The van der Waals surface area contributed by atoms with E-state index in [-0.39, 0.29) is 50.6 Å². The largest absolute Gasteiger partial charge is 0.465 e. The normalized spacial score (nSPS) is 20.0. The maximum Gasteiger partial charge on any atom is 0.407 e. The van der Waals surface area contributed by atoms with Crippen molar-refractivity contribution in [2.24, 2.45) is 5.92 Å². The molecule has 0 bridgehead atoms. The summed E-state index contributed by atoms with van der Waals surface area (Å²) in [6.45, 7) is 5.93. The van der Waals surface area contributed by atoms with Crippen LogP contribution in [0.1, 0.15) is 51.2 Å². The molecule has 47 heavy (non-hydrogen) atoms. The number of amides is 3. The van der Waals surface area contributed by atoms with Gasteiger partial charge in [-0.1, -0.05) is 60.7 Å². The number of carbonyl (C=O) groups is 5. The number of carbonyl (C=O) groups excluding carboxylic acids is 5. The van der Waals surface area contributed by atoms with E-state index in [2.05, 4.69) is 10.6 Å². The van der Waals surface area contributed by atoms with E-state index in [1.54, 1.807) is 30.6 Å². The SMILES string of the molecule is CCOC(=O)[C@@H](CCc1ccccc1)N[C@H](C)C(=O)N1[C@H](C(=O)OCC)C[C@H]2CCN(C(=O)CNC(=O)OCc3ccccc3)C[C@@H]21. The lowest BCUT2D eigenvalue weighted by atomic mass is 9.91. The zero-order valence-electron chi connectivity index (χ0n) is 27.4. The van der Waals surface area contributed by atoms with E-state index in [0.717, 1.165) is 11.1 Å². The zero-order valence-corrected chi connectivity index (χ0v) is 27.4. The van der Waals surface area contributed by atoms with E-state index in [4.69, 9.17) is 14.2 Å². The maximum absolute atomic E-state index is 14.1. The molecule has 2 saturated heterocycles. The third kappa shape index (κ3) is 9.77. The summed E-state index contributed by atoms with van der Waals surface area (Å²) in [6, 6.07) is 16.1. The smallest absolute Gasteiger partial charge is 0.407 e. The highest BCUT2D eigenvalue weighted by molar-refractivity contribution is 5.89. The van der Waals surface area contributed by atoms with Crippen LogP contribution in [0.3, 0.4) is 0 Å². The molecule has 0 saturated carbocycles. The van der Waals surface area contributed by atoms with Crippen LogP contribution < -0.4 is 10.6 Å². The number of esters is 2. The van der Waals surface area contributed by atoms with Crippen molar-refractivity contribution in [2.75, 3.05) is 32.8 Å². The van der Waals surface area contributed by atoms with Crippen molar-refractivity contribution < 1.29 is 38.2 Å². The quantitative estimate of drug-likeness (QED) is 0.233. The zero-order chi connectivity index (χ0) is 33.8. The first-order valence-corrected chi connectivity index (χ1v) is 16.4. The molecule has 3 amide bonds. The first kappa shape index (κ1) is 35.4. The molecule has 2 heterocycles. The number of ether oxygens (including phenoxy) is 3. The minimum atomic E-state index is -0.831. The monoisotopic (exact) mass is 650 g/mol. The van der Waals surface area contributed by atoms with Crippen LogP contribution in [0.25, 0.3) is 0 Å². The lowest BCUT2D eigenvalue weighted by molar-refractivity contribution is -0.156. The lowest BCUT2D eigenvalue weighted by Gasteiger charge is -2.40. The molecule has 0 aliphatic carbocycles. The molecule has 12 heteroatoms. The molecule has 2 aliphatic heterocycles. The number of alkyl carbamates (subject to hydrolysis) is 1. The molecule has 2 aliphatic rings. The van der Waals surface area contributed by atoms with Gasteiger partial charge in [0.15, 0.2) is 0 Å². The molecule has 0 spiro atoms. The second-order valence-electron chi connectivity index (χ2n) is 11.8. The minimum absolute atomic E-state index is 0.0210. The van der Waals surface area contributed by atoms with Crippen molar-refractivity contribution in [1.82, 2.24) is 20.4 Å². The number of fused-ring (bicyclic) bond motifs is 1. The predicted molar refractivity (Wildman–Crippen MR) is 173 cm³/mol. The average molecular weight is 651 g/mol. The summed E-state index contributed by atoms with van der Waals surface area (Å²) in [5, 5.41) is 5.68. The summed E-state index contributed by atoms with van der Waals surface area (Å²) in [5.74, 6) is -1.64. The first-order chi connectivity index (χ1) is 22.7. The Kier molecular flexibility index (Phi) is 13.2. The number of benzene rings is 2. The summed E-state index contributed by atoms with van der Waals surface area (Å²) < 4.78 is 15.9. The van der Waals surface area contributed by atoms with Gasteiger partial charge in [0.1, 0.15) is 25.2 Å². The highest BCUT2D eigenvalue weighted by Gasteiger charge is 2.51. The number of nitrogens with one attached hydrogen (secondary N) is 2. The molecule has 254 valence electrons. The third-order valence-corrected chi connectivity index (χ3v) is 8.66. The fourth-order valence-corrected chi connectivity index (χ4v) is 6.29. The number of likely N-dealkylation sites (tertiary alicyclic amines) is 2. The molecule has 12 nitrogen and oxygen atoms in total. The Bertz CT molecular complexity index is 1360. The fourth-order valence-electron chi connectivity index (χ4n) is 6.29. The first-order valence-electron chi connectivity index (χ1n) is 16.4. The van der Waals surface area contributed by atoms with Gasteiger partial charge < -0.3 is 29.3 Å². The number of aryl methyl sites for hydroxylation is 1. The number of piperidine rings is 1. The lowest BCUT2D eigenvalue weighted by Crippen LogP contribution is -2.59. The third-order valence-electron chi connectivity index (χ3n) is 8.66. The summed E-state index contributed by atoms with van der Waals surface area (Å²) >= 11 is 0. The maximum atomic E-state index is 14.1. The standard InChI is InChI=1S/C35H46N4O8/c1-4-45-33(42)28(17-16-25-12-8-6-9-13-25)37-24(3)32(41)39-29(34(43)46-5-2)20-27-18-19-38(22-30(27)39)31(40)21-36-35(44)47-23-26-14-10-7-11-15-26/h6-15,24,27-30,37H,4-5,16-23H2,1-3H3,(H,36,44)/t24-,27-,28-,29+,30+/m1/s1. The molecule has 0 aromatic heterocycles. The molecule has 2 aromatic rings. The van der Waals surface area contributed by atoms with Crippen molar-refractivity contribution in [3.05, 3.63) is 71.8 Å². The fraction of sp³-hybridized carbons (Fsp3) is 0.514. The highest BCUT2D eigenvalue weighted by atomic mass is 16.5. The van der Waals surface area contributed by atoms with E-state index in [1.165, 1.54) is 0 Å². The number of hydrogen-bond acceptors (Lipinski definition) is 9. The Morgan fingerprint density at radius 1 is 0.894 bits per heavy atom. The van der Waals surface area contributed by atoms with Crippen LogP contribution in [0.5, 0.6) is 0 Å². The van der Waals surface area contributed by atoms with Crippen molar-refractivity contribution >= 4 is 29.8 Å². The molecule has 2 N–H and O–H groups in total. The van der Waals surface area contributed by atoms with Crippen LogP contribution in [-0.4, -0.2) is 96.7 Å². The Hall–Kier alpha value is -4.45. The van der Waals surface area contributed by atoms with Crippen LogP contribution in [0, 0.1) is 5.92 Å². The van der Waals surface area contributed by atoms with Crippen LogP contribution in [0.15, 0.2) is 60.7 Å². The summed E-state index contributed by atoms with van der Waals surface area (Å²) in [4.78, 5) is 68.7. The average Bonchev–Trinajstić information content (AvgIpc) is 3.47. The summed E-state index contributed by atoms with van der Waals surface area (Å²) in [7, 11) is 0. The van der Waals surface area contributed by atoms with Crippen LogP contribution in [-0.2, 0) is 46.4 Å². The topological polar surface area (TPSA) is 144 Å². The predicted octanol–water partition coefficient (Wildman–Crippen LogP) is 2.84. The van der Waals surface area contributed by atoms with Crippen LogP contribution in [0.4, 0.5) is 4.79 Å². The molecule has 0 unspecified atom stereocenters. The van der Waals surface area contributed by atoms with Gasteiger partial charge in [0.05, 0.1) is 25.3 Å². The van der Waals surface area contributed by atoms with E-state index in [9.17, 15) is 24.0 Å². The molecular weight excluding hydrogens is 604 g/mol. The van der Waals surface area contributed by atoms with Crippen molar-refractivity contribution in [3.8, 4) is 0 Å². The molecule has 5 atom stereocenters. The number of rotatable bonds is 14. The Morgan fingerprint density at radius 3 is 2.21 bits per heavy atom. The highest BCUT2D eigenvalue weighted by Crippen LogP contribution is 2.37. The summed E-state index contributed by atoms with van der Waals surface area (Å²) in [5.41, 5.74) is 1.88. The van der Waals surface area contributed by atoms with Gasteiger partial charge in [-0.15, -0.1) is 0 Å². The van der Waals surface area contributed by atoms with Crippen LogP contribution in [0.2, 0.25) is 0 Å². The van der Waals surface area contributed by atoms with E-state index < -0.39 is 42.2 Å². The van der Waals surface area contributed by atoms with Gasteiger partial charge in [-0.3, -0.25) is 19.7 Å². The second kappa shape index (κ2) is 17.5. The number of hydrogen-bond donors (Lipinski definition) is 2. The van der Waals surface area contributed by atoms with E-state index in [1.807, 2.05) is 60.7 Å². The van der Waals surface area contributed by atoms with Gasteiger partial charge in [-0.2, -0.15) is 0 Å². The Labute approximate surface area is 276 Å². The van der Waals surface area contributed by atoms with Gasteiger partial charge >= 0.3 is 18.0 Å². The van der Waals surface area contributed by atoms with Crippen molar-refractivity contribution in [3.63, 3.8) is 0 Å². The number of nitrogens with zero attached hydrogens (tertiary/aromatic N) is 2. The van der Waals surface area contributed by atoms with Gasteiger partial charge in [-0.05, 0) is 63.5 Å². The van der Waals surface area contributed by atoms with Gasteiger partial charge in [-0.25, -0.2) is 9.59 Å². The second-order valence-corrected chi connectivity index (χ2v) is 11.8. The van der Waals surface area contributed by atoms with E-state index in [0.29, 0.717) is 32.2 Å². The molecule has 2 aromatic carbocycles. The Balaban J connectivity index is 1.41. The van der Waals surface area contributed by atoms with Crippen molar-refractivity contribution in [1.29, 1.82) is 0 Å². The summed E-state index contributed by atoms with van der Waals surface area (Å²) in [6.07, 6.45) is 1.31.